The van der Waals surface area contributed by atoms with Crippen molar-refractivity contribution in [3.05, 3.63) is 71.3 Å². The fourth-order valence-corrected chi connectivity index (χ4v) is 6.85. The maximum Gasteiger partial charge on any atom is 0.293 e. The molecule has 0 N–H and O–H groups in total. The minimum atomic E-state index is 0.116. The van der Waals surface area contributed by atoms with Gasteiger partial charge in [-0.3, -0.25) is 0 Å². The van der Waals surface area contributed by atoms with Gasteiger partial charge in [-0.2, -0.15) is 0 Å². The molecule has 1 aliphatic carbocycles. The summed E-state index contributed by atoms with van der Waals surface area (Å²) in [5.41, 5.74) is 10.8. The van der Waals surface area contributed by atoms with Gasteiger partial charge in [0.25, 0.3) is 5.82 Å². The first kappa shape index (κ1) is 22.5. The van der Waals surface area contributed by atoms with Crippen molar-refractivity contribution >= 4 is 44.0 Å². The molecular formula is C33H34N3O+. The predicted molar refractivity (Wildman–Crippen MR) is 152 cm³/mol. The summed E-state index contributed by atoms with van der Waals surface area (Å²) in [5, 5.41) is 3.31. The summed E-state index contributed by atoms with van der Waals surface area (Å²) in [7, 11) is 4.42. The molecule has 0 fully saturated rings. The number of fused-ring (bicyclic) bond motifs is 7. The lowest BCUT2D eigenvalue weighted by Gasteiger charge is -2.41. The standard InChI is InChI=1S/C33H34N3O/c1-19-12-13-21-22-18-20-10-8-9-11-24(20)34-30(22)37-29(21)26(19)31-35(6)25-15-14-23-27(28(25)36(31)7)33(4,5)17-16-32(23,2)3/h8-15,18H,16-17H2,1-7H3/q+1. The van der Waals surface area contributed by atoms with Gasteiger partial charge in [0.2, 0.25) is 5.71 Å². The molecule has 3 heterocycles. The van der Waals surface area contributed by atoms with Gasteiger partial charge in [0, 0.05) is 21.7 Å². The van der Waals surface area contributed by atoms with E-state index in [-0.39, 0.29) is 10.8 Å². The summed E-state index contributed by atoms with van der Waals surface area (Å²) in [6.45, 7) is 11.8. The molecule has 0 spiro atoms. The Morgan fingerprint density at radius 3 is 2.49 bits per heavy atom. The first-order chi connectivity index (χ1) is 17.6. The van der Waals surface area contributed by atoms with Crippen LogP contribution < -0.4 is 4.57 Å². The molecule has 4 nitrogen and oxygen atoms in total. The van der Waals surface area contributed by atoms with Gasteiger partial charge in [-0.15, -0.1) is 0 Å². The maximum absolute atomic E-state index is 6.58. The number of aryl methyl sites for hydroxylation is 3. The molecule has 0 bridgehead atoms. The Balaban J connectivity index is 1.60. The Labute approximate surface area is 217 Å². The molecule has 7 rings (SSSR count). The van der Waals surface area contributed by atoms with Crippen LogP contribution >= 0.6 is 0 Å². The zero-order chi connectivity index (χ0) is 25.9. The highest BCUT2D eigenvalue weighted by molar-refractivity contribution is 6.11. The minimum Gasteiger partial charge on any atom is -0.437 e. The van der Waals surface area contributed by atoms with E-state index in [0.29, 0.717) is 5.71 Å². The van der Waals surface area contributed by atoms with Gasteiger partial charge in [0.15, 0.2) is 16.6 Å². The summed E-state index contributed by atoms with van der Waals surface area (Å²) < 4.78 is 11.3. The fraction of sp³-hybridized carbons (Fsp3) is 0.333. The van der Waals surface area contributed by atoms with Crippen molar-refractivity contribution in [2.24, 2.45) is 14.1 Å². The van der Waals surface area contributed by atoms with Crippen molar-refractivity contribution in [2.45, 2.75) is 58.3 Å². The van der Waals surface area contributed by atoms with Crippen molar-refractivity contribution in [3.8, 4) is 11.4 Å². The van der Waals surface area contributed by atoms with E-state index in [9.17, 15) is 0 Å². The number of aromatic nitrogens is 3. The normalized spacial score (nSPS) is 16.7. The van der Waals surface area contributed by atoms with E-state index < -0.39 is 0 Å². The third kappa shape index (κ3) is 2.96. The second-order valence-corrected chi connectivity index (χ2v) is 12.3. The van der Waals surface area contributed by atoms with Crippen LogP contribution in [0.4, 0.5) is 0 Å². The number of furan rings is 1. The molecule has 186 valence electrons. The lowest BCUT2D eigenvalue weighted by molar-refractivity contribution is -0.634. The highest BCUT2D eigenvalue weighted by Crippen LogP contribution is 2.48. The molecule has 0 saturated carbocycles. The summed E-state index contributed by atoms with van der Waals surface area (Å²) in [5.74, 6) is 1.16. The van der Waals surface area contributed by atoms with E-state index in [4.69, 9.17) is 9.40 Å². The Bertz CT molecular complexity index is 1920. The van der Waals surface area contributed by atoms with Crippen molar-refractivity contribution in [3.63, 3.8) is 0 Å². The van der Waals surface area contributed by atoms with Crippen LogP contribution in [-0.4, -0.2) is 9.55 Å². The SMILES string of the molecule is Cc1ccc2c(oc3nc4ccccc4cc32)c1-c1n(C)c2ccc3c(c2[n+]1C)C(C)(C)CCC3(C)C. The first-order valence-corrected chi connectivity index (χ1v) is 13.3. The average Bonchev–Trinajstić information content (AvgIpc) is 3.34. The van der Waals surface area contributed by atoms with Gasteiger partial charge in [-0.1, -0.05) is 64.1 Å². The lowest BCUT2D eigenvalue weighted by Crippen LogP contribution is -2.38. The maximum atomic E-state index is 6.58. The number of pyridine rings is 1. The summed E-state index contributed by atoms with van der Waals surface area (Å²) >= 11 is 0. The number of hydrogen-bond donors (Lipinski definition) is 0. The van der Waals surface area contributed by atoms with Crippen LogP contribution in [0.25, 0.3) is 55.4 Å². The summed E-state index contributed by atoms with van der Waals surface area (Å²) in [6.07, 6.45) is 2.40. The van der Waals surface area contributed by atoms with Crippen LogP contribution in [0.3, 0.4) is 0 Å². The van der Waals surface area contributed by atoms with Crippen molar-refractivity contribution in [1.29, 1.82) is 0 Å². The molecular weight excluding hydrogens is 454 g/mol. The van der Waals surface area contributed by atoms with Gasteiger partial charge in [0.1, 0.15) is 5.56 Å². The molecule has 0 aliphatic heterocycles. The Hall–Kier alpha value is -3.66. The monoisotopic (exact) mass is 488 g/mol. The molecule has 0 saturated heterocycles. The van der Waals surface area contributed by atoms with E-state index in [0.717, 1.165) is 38.6 Å². The van der Waals surface area contributed by atoms with E-state index in [2.05, 4.69) is 100 Å². The Morgan fingerprint density at radius 1 is 0.919 bits per heavy atom. The Morgan fingerprint density at radius 2 is 1.68 bits per heavy atom. The summed E-state index contributed by atoms with van der Waals surface area (Å²) in [4.78, 5) is 4.88. The second kappa shape index (κ2) is 7.22. The first-order valence-electron chi connectivity index (χ1n) is 13.3. The van der Waals surface area contributed by atoms with Gasteiger partial charge >= 0.3 is 0 Å². The fourth-order valence-electron chi connectivity index (χ4n) is 6.85. The molecule has 0 atom stereocenters. The van der Waals surface area contributed by atoms with E-state index in [1.54, 1.807) is 0 Å². The zero-order valence-corrected chi connectivity index (χ0v) is 22.9. The van der Waals surface area contributed by atoms with Crippen LogP contribution in [0.1, 0.15) is 57.2 Å². The molecule has 0 amide bonds. The topological polar surface area (TPSA) is 34.8 Å². The molecule has 4 heteroatoms. The molecule has 37 heavy (non-hydrogen) atoms. The number of rotatable bonds is 1. The van der Waals surface area contributed by atoms with Crippen LogP contribution in [0.5, 0.6) is 0 Å². The van der Waals surface area contributed by atoms with Crippen LogP contribution in [0, 0.1) is 6.92 Å². The molecule has 0 radical (unpaired) electrons. The quantitative estimate of drug-likeness (QED) is 0.222. The number of nitrogens with zero attached hydrogens (tertiary/aromatic N) is 3. The highest BCUT2D eigenvalue weighted by atomic mass is 16.3. The molecule has 0 unspecified atom stereocenters. The second-order valence-electron chi connectivity index (χ2n) is 12.3. The Kier molecular flexibility index (Phi) is 4.40. The van der Waals surface area contributed by atoms with Crippen molar-refractivity contribution in [1.82, 2.24) is 9.55 Å². The smallest absolute Gasteiger partial charge is 0.293 e. The molecule has 3 aromatic heterocycles. The summed E-state index contributed by atoms with van der Waals surface area (Å²) in [6, 6.07) is 19.6. The minimum absolute atomic E-state index is 0.116. The predicted octanol–water partition coefficient (Wildman–Crippen LogP) is 7.77. The third-order valence-electron chi connectivity index (χ3n) is 9.04. The van der Waals surface area contributed by atoms with Crippen molar-refractivity contribution < 1.29 is 8.98 Å². The van der Waals surface area contributed by atoms with E-state index in [1.165, 1.54) is 40.6 Å². The van der Waals surface area contributed by atoms with Crippen LogP contribution in [-0.2, 0) is 24.9 Å². The molecule has 6 aromatic rings. The number of hydrogen-bond acceptors (Lipinski definition) is 2. The molecule has 3 aromatic carbocycles. The average molecular weight is 489 g/mol. The van der Waals surface area contributed by atoms with Gasteiger partial charge in [-0.25, -0.2) is 14.1 Å². The van der Waals surface area contributed by atoms with Crippen LogP contribution in [0.15, 0.2) is 59.0 Å². The van der Waals surface area contributed by atoms with Crippen molar-refractivity contribution in [2.75, 3.05) is 0 Å². The van der Waals surface area contributed by atoms with Gasteiger partial charge < -0.3 is 4.42 Å². The van der Waals surface area contributed by atoms with E-state index in [1.807, 2.05) is 12.1 Å². The lowest BCUT2D eigenvalue weighted by atomic mass is 9.63. The number of imidazole rings is 1. The largest absolute Gasteiger partial charge is 0.437 e. The molecule has 1 aliphatic rings. The van der Waals surface area contributed by atoms with Gasteiger partial charge in [0.05, 0.1) is 19.6 Å². The zero-order valence-electron chi connectivity index (χ0n) is 22.9. The number of benzene rings is 3. The third-order valence-corrected chi connectivity index (χ3v) is 9.04. The van der Waals surface area contributed by atoms with Crippen LogP contribution in [0.2, 0.25) is 0 Å². The van der Waals surface area contributed by atoms with Gasteiger partial charge in [-0.05, 0) is 59.9 Å². The van der Waals surface area contributed by atoms with E-state index >= 15 is 0 Å². The number of para-hydroxylation sites is 1. The highest BCUT2D eigenvalue weighted by Gasteiger charge is 2.42.